The van der Waals surface area contributed by atoms with E-state index in [0.717, 1.165) is 13.0 Å². The van der Waals surface area contributed by atoms with E-state index in [-0.39, 0.29) is 5.97 Å². The number of carbonyl (C=O) groups excluding carboxylic acids is 1. The molecule has 0 bridgehead atoms. The van der Waals surface area contributed by atoms with Crippen LogP contribution in [0.1, 0.15) is 16.8 Å². The Balaban J connectivity index is 1.92. The first kappa shape index (κ1) is 12.2. The van der Waals surface area contributed by atoms with Crippen molar-refractivity contribution < 1.29 is 14.3 Å². The highest BCUT2D eigenvalue weighted by Crippen LogP contribution is 2.20. The molecule has 1 fully saturated rings. The van der Waals surface area contributed by atoms with Crippen LogP contribution in [0.5, 0.6) is 0 Å². The molecule has 4 nitrogen and oxygen atoms in total. The number of hydrogen-bond acceptors (Lipinski definition) is 4. The maximum Gasteiger partial charge on any atom is 0.338 e. The lowest BCUT2D eigenvalue weighted by molar-refractivity contribution is 0.0428. The number of esters is 1. The molecule has 0 aliphatic carbocycles. The van der Waals surface area contributed by atoms with Gasteiger partial charge in [0.25, 0.3) is 0 Å². The summed E-state index contributed by atoms with van der Waals surface area (Å²) >= 11 is 5.77. The fourth-order valence-corrected chi connectivity index (χ4v) is 1.78. The van der Waals surface area contributed by atoms with Crippen LogP contribution >= 0.6 is 11.6 Å². The number of anilines is 1. The summed E-state index contributed by atoms with van der Waals surface area (Å²) in [5, 5.41) is 0.436. The Kier molecular flexibility index (Phi) is 3.86. The van der Waals surface area contributed by atoms with Crippen molar-refractivity contribution in [3.63, 3.8) is 0 Å². The molecule has 17 heavy (non-hydrogen) atoms. The lowest BCUT2D eigenvalue weighted by Crippen LogP contribution is -2.14. The molecule has 1 aromatic rings. The molecular weight excluding hydrogens is 242 g/mol. The van der Waals surface area contributed by atoms with Gasteiger partial charge in [-0.15, -0.1) is 0 Å². The SMILES string of the molecule is Nc1cc(C(=O)OCC2CCOC2)ccc1Cl. The summed E-state index contributed by atoms with van der Waals surface area (Å²) in [6.07, 6.45) is 0.941. The van der Waals surface area contributed by atoms with Gasteiger partial charge in [-0.25, -0.2) is 4.79 Å². The highest BCUT2D eigenvalue weighted by molar-refractivity contribution is 6.33. The van der Waals surface area contributed by atoms with Crippen LogP contribution < -0.4 is 5.73 Å². The Labute approximate surface area is 105 Å². The number of rotatable bonds is 3. The number of halogens is 1. The second-order valence-electron chi connectivity index (χ2n) is 4.06. The van der Waals surface area contributed by atoms with E-state index >= 15 is 0 Å². The van der Waals surface area contributed by atoms with Crippen molar-refractivity contribution in [3.8, 4) is 0 Å². The molecule has 0 spiro atoms. The second kappa shape index (κ2) is 5.38. The zero-order valence-electron chi connectivity index (χ0n) is 9.32. The van der Waals surface area contributed by atoms with Crippen molar-refractivity contribution in [2.75, 3.05) is 25.6 Å². The van der Waals surface area contributed by atoms with Crippen LogP contribution in [-0.4, -0.2) is 25.8 Å². The Hall–Kier alpha value is -1.26. The largest absolute Gasteiger partial charge is 0.462 e. The zero-order valence-corrected chi connectivity index (χ0v) is 10.1. The van der Waals surface area contributed by atoms with Crippen molar-refractivity contribution in [3.05, 3.63) is 28.8 Å². The van der Waals surface area contributed by atoms with E-state index in [1.807, 2.05) is 0 Å². The molecule has 1 atom stereocenters. The number of benzene rings is 1. The predicted molar refractivity (Wildman–Crippen MR) is 65.1 cm³/mol. The van der Waals surface area contributed by atoms with E-state index in [4.69, 9.17) is 26.8 Å². The Morgan fingerprint density at radius 3 is 3.06 bits per heavy atom. The van der Waals surface area contributed by atoms with Gasteiger partial charge < -0.3 is 15.2 Å². The summed E-state index contributed by atoms with van der Waals surface area (Å²) < 4.78 is 10.4. The van der Waals surface area contributed by atoms with Crippen molar-refractivity contribution in [1.82, 2.24) is 0 Å². The van der Waals surface area contributed by atoms with Crippen LogP contribution in [0.25, 0.3) is 0 Å². The smallest absolute Gasteiger partial charge is 0.338 e. The third-order valence-electron chi connectivity index (χ3n) is 2.71. The molecule has 1 unspecified atom stereocenters. The van der Waals surface area contributed by atoms with E-state index in [1.54, 1.807) is 12.1 Å². The van der Waals surface area contributed by atoms with Crippen LogP contribution in [-0.2, 0) is 9.47 Å². The summed E-state index contributed by atoms with van der Waals surface area (Å²) in [6.45, 7) is 1.80. The maximum absolute atomic E-state index is 11.7. The minimum Gasteiger partial charge on any atom is -0.462 e. The first-order chi connectivity index (χ1) is 8.16. The fourth-order valence-electron chi connectivity index (χ4n) is 1.66. The van der Waals surface area contributed by atoms with E-state index in [0.29, 0.717) is 35.4 Å². The molecular formula is C12H14ClNO3. The van der Waals surface area contributed by atoms with Crippen LogP contribution in [0.4, 0.5) is 5.69 Å². The highest BCUT2D eigenvalue weighted by atomic mass is 35.5. The first-order valence-corrected chi connectivity index (χ1v) is 5.84. The van der Waals surface area contributed by atoms with Gasteiger partial charge >= 0.3 is 5.97 Å². The molecule has 5 heteroatoms. The summed E-state index contributed by atoms with van der Waals surface area (Å²) in [7, 11) is 0. The number of nitrogens with two attached hydrogens (primary N) is 1. The molecule has 1 aliphatic rings. The second-order valence-corrected chi connectivity index (χ2v) is 4.47. The molecule has 0 amide bonds. The molecule has 0 radical (unpaired) electrons. The van der Waals surface area contributed by atoms with E-state index in [2.05, 4.69) is 0 Å². The van der Waals surface area contributed by atoms with Crippen molar-refractivity contribution in [2.45, 2.75) is 6.42 Å². The van der Waals surface area contributed by atoms with Gasteiger partial charge in [0.1, 0.15) is 0 Å². The monoisotopic (exact) mass is 255 g/mol. The predicted octanol–water partition coefficient (Wildman–Crippen LogP) is 2.12. The van der Waals surface area contributed by atoms with Gasteiger partial charge in [0.05, 0.1) is 29.5 Å². The highest BCUT2D eigenvalue weighted by Gasteiger charge is 2.18. The molecule has 92 valence electrons. The fraction of sp³-hybridized carbons (Fsp3) is 0.417. The van der Waals surface area contributed by atoms with Crippen molar-refractivity contribution >= 4 is 23.3 Å². The van der Waals surface area contributed by atoms with Gasteiger partial charge in [0.15, 0.2) is 0 Å². The molecule has 2 N–H and O–H groups in total. The molecule has 2 rings (SSSR count). The molecule has 1 aliphatic heterocycles. The topological polar surface area (TPSA) is 61.6 Å². The minimum atomic E-state index is -0.375. The summed E-state index contributed by atoms with van der Waals surface area (Å²) in [4.78, 5) is 11.7. The van der Waals surface area contributed by atoms with Gasteiger partial charge in [0, 0.05) is 12.5 Å². The molecule has 0 aromatic heterocycles. The van der Waals surface area contributed by atoms with Gasteiger partial charge in [0.2, 0.25) is 0 Å². The van der Waals surface area contributed by atoms with Crippen LogP contribution in [0.15, 0.2) is 18.2 Å². The van der Waals surface area contributed by atoms with Gasteiger partial charge in [-0.2, -0.15) is 0 Å². The summed E-state index contributed by atoms with van der Waals surface area (Å²) in [6, 6.07) is 4.72. The zero-order chi connectivity index (χ0) is 12.3. The lowest BCUT2D eigenvalue weighted by Gasteiger charge is -2.09. The normalized spacial score (nSPS) is 19.2. The average molecular weight is 256 g/mol. The maximum atomic E-state index is 11.7. The first-order valence-electron chi connectivity index (χ1n) is 5.46. The quantitative estimate of drug-likeness (QED) is 0.664. The van der Waals surface area contributed by atoms with E-state index < -0.39 is 0 Å². The number of nitrogen functional groups attached to an aromatic ring is 1. The summed E-state index contributed by atoms with van der Waals surface area (Å²) in [5.41, 5.74) is 6.42. The number of carbonyl (C=O) groups is 1. The molecule has 1 saturated heterocycles. The number of ether oxygens (including phenoxy) is 2. The third kappa shape index (κ3) is 3.11. The molecule has 1 heterocycles. The van der Waals surface area contributed by atoms with Crippen molar-refractivity contribution in [2.24, 2.45) is 5.92 Å². The molecule has 0 saturated carbocycles. The summed E-state index contributed by atoms with van der Waals surface area (Å²) in [5.74, 6) is -0.0659. The third-order valence-corrected chi connectivity index (χ3v) is 3.05. The van der Waals surface area contributed by atoms with Gasteiger partial charge in [-0.05, 0) is 24.6 Å². The van der Waals surface area contributed by atoms with Gasteiger partial charge in [-0.3, -0.25) is 0 Å². The Bertz CT molecular complexity index is 416. The van der Waals surface area contributed by atoms with Crippen LogP contribution in [0, 0.1) is 5.92 Å². The minimum absolute atomic E-state index is 0.309. The van der Waals surface area contributed by atoms with Crippen LogP contribution in [0.2, 0.25) is 5.02 Å². The van der Waals surface area contributed by atoms with E-state index in [1.165, 1.54) is 6.07 Å². The van der Waals surface area contributed by atoms with Gasteiger partial charge in [-0.1, -0.05) is 11.6 Å². The Morgan fingerprint density at radius 2 is 2.41 bits per heavy atom. The van der Waals surface area contributed by atoms with E-state index in [9.17, 15) is 4.79 Å². The number of hydrogen-bond donors (Lipinski definition) is 1. The standard InChI is InChI=1S/C12H14ClNO3/c13-10-2-1-9(5-11(10)14)12(15)17-7-8-3-4-16-6-8/h1-2,5,8H,3-4,6-7,14H2. The molecule has 1 aromatic carbocycles. The average Bonchev–Trinajstić information content (AvgIpc) is 2.82. The Morgan fingerprint density at radius 1 is 1.59 bits per heavy atom. The van der Waals surface area contributed by atoms with Crippen molar-refractivity contribution in [1.29, 1.82) is 0 Å². The lowest BCUT2D eigenvalue weighted by atomic mass is 10.1. The van der Waals surface area contributed by atoms with Crippen LogP contribution in [0.3, 0.4) is 0 Å².